The van der Waals surface area contributed by atoms with Crippen LogP contribution in [0.4, 0.5) is 11.5 Å². The van der Waals surface area contributed by atoms with Gasteiger partial charge in [0.15, 0.2) is 11.5 Å². The summed E-state index contributed by atoms with van der Waals surface area (Å²) in [6.45, 7) is 6.59. The lowest BCUT2D eigenvalue weighted by Crippen LogP contribution is -2.19. The number of nitrogens with one attached hydrogen (secondary N) is 1. The van der Waals surface area contributed by atoms with Crippen LogP contribution in [0.1, 0.15) is 45.6 Å². The van der Waals surface area contributed by atoms with E-state index in [9.17, 15) is 5.26 Å². The molecule has 0 saturated carbocycles. The summed E-state index contributed by atoms with van der Waals surface area (Å²) in [7, 11) is 3.27. The molecule has 0 fully saturated rings. The van der Waals surface area contributed by atoms with Crippen molar-refractivity contribution in [1.82, 2.24) is 9.97 Å². The maximum Gasteiger partial charge on any atom is 0.162 e. The Kier molecular flexibility index (Phi) is 8.65. The molecular weight excluding hydrogens is 476 g/mol. The van der Waals surface area contributed by atoms with Gasteiger partial charge in [-0.2, -0.15) is 5.26 Å². The second-order valence-corrected chi connectivity index (χ2v) is 9.37. The van der Waals surface area contributed by atoms with Gasteiger partial charge < -0.3 is 19.5 Å². The fraction of sp³-hybridized carbons (Fsp3) is 0.323. The maximum absolute atomic E-state index is 9.31. The van der Waals surface area contributed by atoms with Gasteiger partial charge in [-0.3, -0.25) is 0 Å². The molecule has 0 aliphatic rings. The summed E-state index contributed by atoms with van der Waals surface area (Å²) in [6, 6.07) is 19.4. The number of hydrogen-bond acceptors (Lipinski definition) is 7. The lowest BCUT2D eigenvalue weighted by atomic mass is 9.99. The fourth-order valence-electron chi connectivity index (χ4n) is 4.39. The van der Waals surface area contributed by atoms with Crippen LogP contribution in [0.5, 0.6) is 17.2 Å². The van der Waals surface area contributed by atoms with Gasteiger partial charge in [-0.05, 0) is 60.2 Å². The predicted octanol–water partition coefficient (Wildman–Crippen LogP) is 7.52. The quantitative estimate of drug-likeness (QED) is 0.223. The minimum absolute atomic E-state index is 0.0817. The average molecular weight is 511 g/mol. The molecule has 2 unspecified atom stereocenters. The number of anilines is 2. The number of rotatable bonds is 11. The molecule has 7 nitrogen and oxygen atoms in total. The normalized spacial score (nSPS) is 12.4. The fourth-order valence-corrected chi connectivity index (χ4v) is 4.39. The second kappa shape index (κ2) is 12.3. The van der Waals surface area contributed by atoms with Crippen molar-refractivity contribution in [2.45, 2.75) is 46.1 Å². The Balaban J connectivity index is 1.74. The molecule has 0 radical (unpaired) electrons. The Morgan fingerprint density at radius 2 is 1.68 bits per heavy atom. The lowest BCUT2D eigenvalue weighted by Gasteiger charge is -2.22. The zero-order valence-corrected chi connectivity index (χ0v) is 22.6. The molecule has 0 saturated heterocycles. The van der Waals surface area contributed by atoms with E-state index in [-0.39, 0.29) is 6.10 Å². The number of nitriles is 1. The molecule has 0 bridgehead atoms. The van der Waals surface area contributed by atoms with Gasteiger partial charge in [-0.15, -0.1) is 0 Å². The Bertz CT molecular complexity index is 1450. The first-order valence-corrected chi connectivity index (χ1v) is 12.9. The molecule has 0 amide bonds. The zero-order valence-electron chi connectivity index (χ0n) is 22.6. The van der Waals surface area contributed by atoms with Crippen LogP contribution in [-0.2, 0) is 0 Å². The third kappa shape index (κ3) is 5.97. The number of ether oxygens (including phenoxy) is 3. The Morgan fingerprint density at radius 3 is 2.39 bits per heavy atom. The minimum atomic E-state index is 0.0817. The smallest absolute Gasteiger partial charge is 0.162 e. The van der Waals surface area contributed by atoms with Crippen LogP contribution in [0.25, 0.3) is 22.0 Å². The summed E-state index contributed by atoms with van der Waals surface area (Å²) in [5.41, 5.74) is 3.97. The first-order chi connectivity index (χ1) is 18.5. The maximum atomic E-state index is 9.31. The van der Waals surface area contributed by atoms with Crippen molar-refractivity contribution in [1.29, 1.82) is 5.26 Å². The summed E-state index contributed by atoms with van der Waals surface area (Å²) in [6.07, 6.45) is 4.59. The Morgan fingerprint density at radius 1 is 0.895 bits per heavy atom. The van der Waals surface area contributed by atoms with E-state index in [0.29, 0.717) is 34.5 Å². The van der Waals surface area contributed by atoms with Crippen molar-refractivity contribution in [3.63, 3.8) is 0 Å². The molecule has 1 heterocycles. The molecule has 0 aliphatic heterocycles. The molecule has 4 aromatic rings. The number of nitrogens with zero attached hydrogens (tertiary/aromatic N) is 3. The van der Waals surface area contributed by atoms with Crippen LogP contribution in [0.2, 0.25) is 0 Å². The molecule has 1 aromatic heterocycles. The number of benzene rings is 3. The first-order valence-electron chi connectivity index (χ1n) is 12.9. The molecule has 196 valence electrons. The van der Waals surface area contributed by atoms with E-state index in [1.54, 1.807) is 20.3 Å². The summed E-state index contributed by atoms with van der Waals surface area (Å²) < 4.78 is 17.8. The van der Waals surface area contributed by atoms with Crippen LogP contribution < -0.4 is 19.5 Å². The largest absolute Gasteiger partial charge is 0.495 e. The molecule has 0 aliphatic carbocycles. The van der Waals surface area contributed by atoms with Crippen molar-refractivity contribution < 1.29 is 14.2 Å². The number of fused-ring (bicyclic) bond motifs is 1. The summed E-state index contributed by atoms with van der Waals surface area (Å²) >= 11 is 0. The molecule has 2 atom stereocenters. The second-order valence-electron chi connectivity index (χ2n) is 9.37. The van der Waals surface area contributed by atoms with E-state index < -0.39 is 0 Å². The van der Waals surface area contributed by atoms with Crippen molar-refractivity contribution >= 4 is 22.4 Å². The lowest BCUT2D eigenvalue weighted by molar-refractivity contribution is 0.160. The first kappa shape index (κ1) is 26.7. The molecular formula is C31H34N4O3. The van der Waals surface area contributed by atoms with E-state index in [1.807, 2.05) is 48.5 Å². The highest BCUT2D eigenvalue weighted by atomic mass is 16.5. The highest BCUT2D eigenvalue weighted by molar-refractivity contribution is 5.93. The summed E-state index contributed by atoms with van der Waals surface area (Å²) in [5.74, 6) is 3.17. The summed E-state index contributed by atoms with van der Waals surface area (Å²) in [4.78, 5) is 9.02. The monoisotopic (exact) mass is 510 g/mol. The van der Waals surface area contributed by atoms with E-state index >= 15 is 0 Å². The third-order valence-electron chi connectivity index (χ3n) is 6.81. The third-order valence-corrected chi connectivity index (χ3v) is 6.81. The van der Waals surface area contributed by atoms with E-state index in [1.165, 1.54) is 6.33 Å². The van der Waals surface area contributed by atoms with E-state index in [0.717, 1.165) is 47.0 Å². The molecule has 0 spiro atoms. The summed E-state index contributed by atoms with van der Waals surface area (Å²) in [5, 5.41) is 13.6. The minimum Gasteiger partial charge on any atom is -0.495 e. The van der Waals surface area contributed by atoms with Gasteiger partial charge in [-0.1, -0.05) is 45.4 Å². The zero-order chi connectivity index (χ0) is 27.1. The SMILES string of the molecule is CCC(C)CC(CC)Oc1cc2c(Nc3cc(-c4cccc(C#N)c4)ccc3OC)ncnc2cc1OC. The molecule has 3 aromatic carbocycles. The van der Waals surface area contributed by atoms with Gasteiger partial charge in [0, 0.05) is 11.5 Å². The highest BCUT2D eigenvalue weighted by Gasteiger charge is 2.18. The number of aromatic nitrogens is 2. The van der Waals surface area contributed by atoms with Crippen LogP contribution in [0.15, 0.2) is 60.9 Å². The van der Waals surface area contributed by atoms with Gasteiger partial charge in [0.2, 0.25) is 0 Å². The standard InChI is InChI=1S/C31H34N4O3/c1-6-20(3)13-24(7-2)38-30-16-25-26(17-29(30)37-5)33-19-34-31(25)35-27-15-23(11-12-28(27)36-4)22-10-8-9-21(14-22)18-32/h8-12,14-17,19-20,24H,6-7,13H2,1-5H3,(H,33,34,35). The van der Waals surface area contributed by atoms with Crippen molar-refractivity contribution in [2.75, 3.05) is 19.5 Å². The van der Waals surface area contributed by atoms with Crippen molar-refractivity contribution in [3.05, 3.63) is 66.5 Å². The van der Waals surface area contributed by atoms with Gasteiger partial charge in [-0.25, -0.2) is 9.97 Å². The highest BCUT2D eigenvalue weighted by Crippen LogP contribution is 2.38. The molecule has 1 N–H and O–H groups in total. The predicted molar refractivity (Wildman–Crippen MR) is 151 cm³/mol. The van der Waals surface area contributed by atoms with E-state index in [4.69, 9.17) is 14.2 Å². The van der Waals surface area contributed by atoms with Gasteiger partial charge in [0.05, 0.1) is 43.2 Å². The van der Waals surface area contributed by atoms with E-state index in [2.05, 4.69) is 42.1 Å². The Hall–Kier alpha value is -4.31. The van der Waals surface area contributed by atoms with Crippen LogP contribution in [0, 0.1) is 17.2 Å². The van der Waals surface area contributed by atoms with Gasteiger partial charge in [0.1, 0.15) is 17.9 Å². The van der Waals surface area contributed by atoms with Crippen LogP contribution >= 0.6 is 0 Å². The number of methoxy groups -OCH3 is 2. The van der Waals surface area contributed by atoms with Crippen LogP contribution in [0.3, 0.4) is 0 Å². The molecule has 4 rings (SSSR count). The molecule has 38 heavy (non-hydrogen) atoms. The van der Waals surface area contributed by atoms with Gasteiger partial charge in [0.25, 0.3) is 0 Å². The van der Waals surface area contributed by atoms with Crippen molar-refractivity contribution in [2.24, 2.45) is 5.92 Å². The topological polar surface area (TPSA) is 89.3 Å². The molecule has 7 heteroatoms. The Labute approximate surface area is 224 Å². The number of hydrogen-bond donors (Lipinski definition) is 1. The van der Waals surface area contributed by atoms with Crippen LogP contribution in [-0.4, -0.2) is 30.3 Å². The average Bonchev–Trinajstić information content (AvgIpc) is 2.96. The van der Waals surface area contributed by atoms with Gasteiger partial charge >= 0.3 is 0 Å². The van der Waals surface area contributed by atoms with Crippen molar-refractivity contribution in [3.8, 4) is 34.4 Å².